The zero-order valence-corrected chi connectivity index (χ0v) is 11.5. The maximum Gasteiger partial charge on any atom is 0.358 e. The smallest absolute Gasteiger partial charge is 0.358 e. The maximum absolute atomic E-state index is 13.1. The molecule has 6 nitrogen and oxygen atoms in total. The van der Waals surface area contributed by atoms with Crippen molar-refractivity contribution in [3.63, 3.8) is 0 Å². The highest BCUT2D eigenvalue weighted by molar-refractivity contribution is 5.84. The number of aryl methyl sites for hydroxylation is 1. The standard InChI is InChI=1S/C14H15FN4O2/c1-9-4-11(15)3-2-10(9)5-18-6-12(7-18)19-8-13(14(20)21)16-17-19/h2-4,8,12H,5-7H2,1H3,(H,20,21). The minimum absolute atomic E-state index is 0.0390. The highest BCUT2D eigenvalue weighted by atomic mass is 19.1. The Bertz CT molecular complexity index is 679. The van der Waals surface area contributed by atoms with Crippen molar-refractivity contribution in [1.29, 1.82) is 0 Å². The van der Waals surface area contributed by atoms with E-state index >= 15 is 0 Å². The van der Waals surface area contributed by atoms with Crippen LogP contribution in [0.3, 0.4) is 0 Å². The van der Waals surface area contributed by atoms with Crippen LogP contribution in [0.2, 0.25) is 0 Å². The van der Waals surface area contributed by atoms with E-state index in [9.17, 15) is 9.18 Å². The van der Waals surface area contributed by atoms with Crippen molar-refractivity contribution in [2.45, 2.75) is 19.5 Å². The number of carboxylic acid groups (broad SMARTS) is 1. The zero-order valence-electron chi connectivity index (χ0n) is 11.5. The van der Waals surface area contributed by atoms with Crippen LogP contribution in [0.5, 0.6) is 0 Å². The third-order valence-corrected chi connectivity index (χ3v) is 3.74. The van der Waals surface area contributed by atoms with Crippen molar-refractivity contribution in [2.24, 2.45) is 0 Å². The predicted molar refractivity (Wildman–Crippen MR) is 72.4 cm³/mol. The van der Waals surface area contributed by atoms with Crippen LogP contribution in [-0.2, 0) is 6.54 Å². The van der Waals surface area contributed by atoms with Gasteiger partial charge in [0.15, 0.2) is 5.69 Å². The van der Waals surface area contributed by atoms with Gasteiger partial charge in [0, 0.05) is 19.6 Å². The number of halogens is 1. The van der Waals surface area contributed by atoms with Crippen molar-refractivity contribution in [3.05, 3.63) is 47.0 Å². The first-order valence-corrected chi connectivity index (χ1v) is 6.65. The summed E-state index contributed by atoms with van der Waals surface area (Å²) >= 11 is 0. The molecule has 0 radical (unpaired) electrons. The second kappa shape index (κ2) is 5.25. The summed E-state index contributed by atoms with van der Waals surface area (Å²) in [5, 5.41) is 16.3. The third kappa shape index (κ3) is 2.78. The van der Waals surface area contributed by atoms with Gasteiger partial charge < -0.3 is 5.11 Å². The Morgan fingerprint density at radius 1 is 1.48 bits per heavy atom. The van der Waals surface area contributed by atoms with Gasteiger partial charge in [-0.3, -0.25) is 4.90 Å². The molecule has 2 aromatic rings. The lowest BCUT2D eigenvalue weighted by molar-refractivity contribution is 0.0690. The quantitative estimate of drug-likeness (QED) is 0.923. The summed E-state index contributed by atoms with van der Waals surface area (Å²) in [7, 11) is 0. The normalized spacial score (nSPS) is 15.9. The van der Waals surface area contributed by atoms with Crippen molar-refractivity contribution in [3.8, 4) is 0 Å². The molecule has 0 bridgehead atoms. The van der Waals surface area contributed by atoms with Crippen LogP contribution in [0, 0.1) is 12.7 Å². The van der Waals surface area contributed by atoms with E-state index in [2.05, 4.69) is 15.2 Å². The van der Waals surface area contributed by atoms with E-state index in [0.29, 0.717) is 0 Å². The molecule has 7 heteroatoms. The topological polar surface area (TPSA) is 71.2 Å². The summed E-state index contributed by atoms with van der Waals surface area (Å²) in [6.07, 6.45) is 1.45. The fraction of sp³-hybridized carbons (Fsp3) is 0.357. The van der Waals surface area contributed by atoms with Gasteiger partial charge in [-0.05, 0) is 30.2 Å². The molecular weight excluding hydrogens is 275 g/mol. The number of benzene rings is 1. The minimum atomic E-state index is -1.07. The van der Waals surface area contributed by atoms with Crippen LogP contribution in [-0.4, -0.2) is 44.1 Å². The largest absolute Gasteiger partial charge is 0.476 e. The Kier molecular flexibility index (Phi) is 3.42. The molecule has 110 valence electrons. The lowest BCUT2D eigenvalue weighted by Crippen LogP contribution is -2.47. The third-order valence-electron chi connectivity index (χ3n) is 3.74. The number of hydrogen-bond donors (Lipinski definition) is 1. The molecule has 2 heterocycles. The molecule has 0 atom stereocenters. The zero-order chi connectivity index (χ0) is 15.0. The summed E-state index contributed by atoms with van der Waals surface area (Å²) in [4.78, 5) is 13.0. The van der Waals surface area contributed by atoms with Crippen molar-refractivity contribution in [2.75, 3.05) is 13.1 Å². The van der Waals surface area contributed by atoms with Crippen molar-refractivity contribution < 1.29 is 14.3 Å². The molecule has 0 spiro atoms. The molecule has 0 amide bonds. The molecule has 3 rings (SSSR count). The van der Waals surface area contributed by atoms with E-state index in [1.807, 2.05) is 6.92 Å². The molecule has 0 saturated carbocycles. The molecule has 21 heavy (non-hydrogen) atoms. The lowest BCUT2D eigenvalue weighted by Gasteiger charge is -2.39. The number of carboxylic acids is 1. The maximum atomic E-state index is 13.1. The number of likely N-dealkylation sites (tertiary alicyclic amines) is 1. The van der Waals surface area contributed by atoms with Gasteiger partial charge in [-0.15, -0.1) is 5.10 Å². The fourth-order valence-corrected chi connectivity index (χ4v) is 2.47. The Morgan fingerprint density at radius 3 is 2.86 bits per heavy atom. The molecule has 0 aliphatic carbocycles. The number of nitrogens with zero attached hydrogens (tertiary/aromatic N) is 4. The van der Waals surface area contributed by atoms with E-state index in [4.69, 9.17) is 5.11 Å². The Balaban J connectivity index is 1.59. The van der Waals surface area contributed by atoms with Gasteiger partial charge in [0.1, 0.15) is 5.82 Å². The summed E-state index contributed by atoms with van der Waals surface area (Å²) in [6.45, 7) is 4.20. The first-order chi connectivity index (χ1) is 10.0. The number of aromatic carboxylic acids is 1. The van der Waals surface area contributed by atoms with Gasteiger partial charge in [-0.1, -0.05) is 11.3 Å². The van der Waals surface area contributed by atoms with Gasteiger partial charge in [0.25, 0.3) is 0 Å². The summed E-state index contributed by atoms with van der Waals surface area (Å²) < 4.78 is 14.6. The van der Waals surface area contributed by atoms with Crippen LogP contribution in [0.15, 0.2) is 24.4 Å². The number of aromatic nitrogens is 3. The molecule has 1 saturated heterocycles. The lowest BCUT2D eigenvalue weighted by atomic mass is 10.0. The molecule has 1 aliphatic rings. The van der Waals surface area contributed by atoms with E-state index in [1.165, 1.54) is 18.3 Å². The monoisotopic (exact) mass is 290 g/mol. The van der Waals surface area contributed by atoms with Crippen LogP contribution in [0.4, 0.5) is 4.39 Å². The van der Waals surface area contributed by atoms with Gasteiger partial charge in [-0.2, -0.15) is 0 Å². The molecule has 0 unspecified atom stereocenters. The predicted octanol–water partition coefficient (Wildman–Crippen LogP) is 1.48. The van der Waals surface area contributed by atoms with Crippen molar-refractivity contribution >= 4 is 5.97 Å². The Labute approximate surface area is 120 Å². The SMILES string of the molecule is Cc1cc(F)ccc1CN1CC(n2cc(C(=O)O)nn2)C1. The first kappa shape index (κ1) is 13.7. The number of hydrogen-bond acceptors (Lipinski definition) is 4. The molecule has 1 N–H and O–H groups in total. The molecule has 1 aromatic carbocycles. The fourth-order valence-electron chi connectivity index (χ4n) is 2.47. The summed E-state index contributed by atoms with van der Waals surface area (Å²) in [5.41, 5.74) is 2.00. The highest BCUT2D eigenvalue weighted by Crippen LogP contribution is 2.23. The van der Waals surface area contributed by atoms with Crippen LogP contribution < -0.4 is 0 Å². The molecule has 1 aliphatic heterocycles. The van der Waals surface area contributed by atoms with Gasteiger partial charge in [0.2, 0.25) is 0 Å². The van der Waals surface area contributed by atoms with E-state index in [-0.39, 0.29) is 17.6 Å². The molecule has 1 aromatic heterocycles. The molecular formula is C14H15FN4O2. The van der Waals surface area contributed by atoms with Gasteiger partial charge in [0.05, 0.1) is 12.2 Å². The second-order valence-corrected chi connectivity index (χ2v) is 5.31. The second-order valence-electron chi connectivity index (χ2n) is 5.31. The minimum Gasteiger partial charge on any atom is -0.476 e. The summed E-state index contributed by atoms with van der Waals surface area (Å²) in [6, 6.07) is 4.95. The summed E-state index contributed by atoms with van der Waals surface area (Å²) in [5.74, 6) is -1.29. The van der Waals surface area contributed by atoms with Gasteiger partial charge >= 0.3 is 5.97 Å². The number of carbonyl (C=O) groups is 1. The van der Waals surface area contributed by atoms with E-state index < -0.39 is 5.97 Å². The Morgan fingerprint density at radius 2 is 2.24 bits per heavy atom. The van der Waals surface area contributed by atoms with Crippen LogP contribution in [0.1, 0.15) is 27.7 Å². The van der Waals surface area contributed by atoms with E-state index in [0.717, 1.165) is 30.8 Å². The first-order valence-electron chi connectivity index (χ1n) is 6.65. The Hall–Kier alpha value is -2.28. The molecule has 1 fully saturated rings. The van der Waals surface area contributed by atoms with E-state index in [1.54, 1.807) is 10.7 Å². The van der Waals surface area contributed by atoms with Crippen molar-refractivity contribution in [1.82, 2.24) is 19.9 Å². The number of rotatable bonds is 4. The van der Waals surface area contributed by atoms with Crippen LogP contribution in [0.25, 0.3) is 0 Å². The van der Waals surface area contributed by atoms with Crippen LogP contribution >= 0.6 is 0 Å². The average Bonchev–Trinajstić information content (AvgIpc) is 2.84. The van der Waals surface area contributed by atoms with Gasteiger partial charge in [-0.25, -0.2) is 13.9 Å². The average molecular weight is 290 g/mol. The highest BCUT2D eigenvalue weighted by Gasteiger charge is 2.29.